The molecule has 2 heterocycles. The highest BCUT2D eigenvalue weighted by molar-refractivity contribution is 5.70. The van der Waals surface area contributed by atoms with E-state index in [1.807, 2.05) is 30.3 Å². The maximum atomic E-state index is 14.1. The van der Waals surface area contributed by atoms with E-state index in [1.165, 1.54) is 11.8 Å². The second-order valence-electron chi connectivity index (χ2n) is 5.01. The predicted octanol–water partition coefficient (Wildman–Crippen LogP) is 4.68. The molecule has 1 aromatic carbocycles. The van der Waals surface area contributed by atoms with Gasteiger partial charge in [0, 0.05) is 29.7 Å². The molecule has 106 valence electrons. The number of aromatic nitrogens is 2. The smallest absolute Gasteiger partial charge is 0.132 e. The number of benzene rings is 1. The average Bonchev–Trinajstić information content (AvgIpc) is 2.89. The lowest BCUT2D eigenvalue weighted by Gasteiger charge is -2.11. The maximum absolute atomic E-state index is 14.1. The molecule has 0 aliphatic heterocycles. The standard InChI is InChI=1S/C18H17FN2/c1-3-21-13(2)7-10-18(21)14-8-9-16(19)15(12-14)17-6-4-5-11-20-17/h4-12H,3H2,1-2H3. The van der Waals surface area contributed by atoms with E-state index in [-0.39, 0.29) is 5.82 Å². The normalized spacial score (nSPS) is 10.8. The Hall–Kier alpha value is -2.42. The van der Waals surface area contributed by atoms with Gasteiger partial charge in [0.15, 0.2) is 0 Å². The summed E-state index contributed by atoms with van der Waals surface area (Å²) >= 11 is 0. The van der Waals surface area contributed by atoms with Crippen LogP contribution in [-0.4, -0.2) is 9.55 Å². The molecule has 3 heteroatoms. The van der Waals surface area contributed by atoms with Crippen LogP contribution in [0.3, 0.4) is 0 Å². The van der Waals surface area contributed by atoms with Gasteiger partial charge in [0.25, 0.3) is 0 Å². The van der Waals surface area contributed by atoms with E-state index in [0.717, 1.165) is 17.8 Å². The number of nitrogens with zero attached hydrogens (tertiary/aromatic N) is 2. The Kier molecular flexibility index (Phi) is 3.57. The monoisotopic (exact) mass is 280 g/mol. The van der Waals surface area contributed by atoms with Crippen LogP contribution < -0.4 is 0 Å². The molecule has 2 aromatic heterocycles. The third-order valence-corrected chi connectivity index (χ3v) is 3.72. The fourth-order valence-electron chi connectivity index (χ4n) is 2.64. The molecule has 0 aliphatic rings. The van der Waals surface area contributed by atoms with Crippen molar-refractivity contribution in [3.8, 4) is 22.5 Å². The van der Waals surface area contributed by atoms with E-state index in [2.05, 4.69) is 35.5 Å². The minimum Gasteiger partial charge on any atom is -0.345 e. The minimum atomic E-state index is -0.247. The van der Waals surface area contributed by atoms with E-state index >= 15 is 0 Å². The summed E-state index contributed by atoms with van der Waals surface area (Å²) in [6.07, 6.45) is 1.68. The lowest BCUT2D eigenvalue weighted by atomic mass is 10.0. The van der Waals surface area contributed by atoms with Gasteiger partial charge in [0.2, 0.25) is 0 Å². The molecule has 0 N–H and O–H groups in total. The highest BCUT2D eigenvalue weighted by Crippen LogP contribution is 2.29. The number of rotatable bonds is 3. The van der Waals surface area contributed by atoms with Crippen LogP contribution in [0.2, 0.25) is 0 Å². The first-order valence-electron chi connectivity index (χ1n) is 7.08. The second-order valence-corrected chi connectivity index (χ2v) is 5.01. The third-order valence-electron chi connectivity index (χ3n) is 3.72. The predicted molar refractivity (Wildman–Crippen MR) is 83.5 cm³/mol. The summed E-state index contributed by atoms with van der Waals surface area (Å²) in [6.45, 7) is 5.08. The van der Waals surface area contributed by atoms with Crippen LogP contribution in [0, 0.1) is 12.7 Å². The first kappa shape index (κ1) is 13.6. The van der Waals surface area contributed by atoms with Crippen molar-refractivity contribution in [1.82, 2.24) is 9.55 Å². The van der Waals surface area contributed by atoms with Gasteiger partial charge in [-0.15, -0.1) is 0 Å². The highest BCUT2D eigenvalue weighted by atomic mass is 19.1. The van der Waals surface area contributed by atoms with Crippen molar-refractivity contribution in [3.63, 3.8) is 0 Å². The summed E-state index contributed by atoms with van der Waals surface area (Å²) in [4.78, 5) is 4.25. The van der Waals surface area contributed by atoms with E-state index in [1.54, 1.807) is 6.20 Å². The zero-order valence-corrected chi connectivity index (χ0v) is 12.2. The number of aryl methyl sites for hydroxylation is 1. The van der Waals surface area contributed by atoms with E-state index in [0.29, 0.717) is 11.3 Å². The Morgan fingerprint density at radius 3 is 2.67 bits per heavy atom. The summed E-state index contributed by atoms with van der Waals surface area (Å²) < 4.78 is 16.3. The molecule has 0 atom stereocenters. The molecule has 0 bridgehead atoms. The number of halogens is 1. The average molecular weight is 280 g/mol. The van der Waals surface area contributed by atoms with Crippen LogP contribution >= 0.6 is 0 Å². The van der Waals surface area contributed by atoms with Crippen LogP contribution in [0.25, 0.3) is 22.5 Å². The third kappa shape index (κ3) is 2.47. The molecule has 21 heavy (non-hydrogen) atoms. The molecule has 0 amide bonds. The molecule has 3 aromatic rings. The van der Waals surface area contributed by atoms with Gasteiger partial charge in [0.1, 0.15) is 5.82 Å². The van der Waals surface area contributed by atoms with Crippen LogP contribution in [0.4, 0.5) is 4.39 Å². The van der Waals surface area contributed by atoms with Gasteiger partial charge in [-0.25, -0.2) is 4.39 Å². The SMILES string of the molecule is CCn1c(C)ccc1-c1ccc(F)c(-c2ccccn2)c1. The number of hydrogen-bond donors (Lipinski definition) is 0. The number of pyridine rings is 1. The van der Waals surface area contributed by atoms with E-state index in [9.17, 15) is 4.39 Å². The zero-order chi connectivity index (χ0) is 14.8. The summed E-state index contributed by atoms with van der Waals surface area (Å²) in [5.74, 6) is -0.247. The van der Waals surface area contributed by atoms with Crippen molar-refractivity contribution in [2.45, 2.75) is 20.4 Å². The first-order valence-corrected chi connectivity index (χ1v) is 7.08. The van der Waals surface area contributed by atoms with Crippen LogP contribution in [-0.2, 0) is 6.54 Å². The van der Waals surface area contributed by atoms with Crippen LogP contribution in [0.5, 0.6) is 0 Å². The molecule has 0 unspecified atom stereocenters. The summed E-state index contributed by atoms with van der Waals surface area (Å²) in [6, 6.07) is 14.9. The number of hydrogen-bond acceptors (Lipinski definition) is 1. The molecule has 0 fully saturated rings. The molecule has 0 aliphatic carbocycles. The largest absolute Gasteiger partial charge is 0.345 e. The molecule has 0 saturated heterocycles. The molecule has 2 nitrogen and oxygen atoms in total. The Bertz CT molecular complexity index is 760. The lowest BCUT2D eigenvalue weighted by Crippen LogP contribution is -1.99. The van der Waals surface area contributed by atoms with Gasteiger partial charge in [-0.2, -0.15) is 0 Å². The van der Waals surface area contributed by atoms with Gasteiger partial charge >= 0.3 is 0 Å². The van der Waals surface area contributed by atoms with Crippen molar-refractivity contribution in [2.75, 3.05) is 0 Å². The van der Waals surface area contributed by atoms with Gasteiger partial charge in [-0.1, -0.05) is 6.07 Å². The van der Waals surface area contributed by atoms with Crippen molar-refractivity contribution in [3.05, 3.63) is 66.2 Å². The molecule has 0 radical (unpaired) electrons. The van der Waals surface area contributed by atoms with Crippen molar-refractivity contribution in [2.24, 2.45) is 0 Å². The molecule has 0 spiro atoms. The topological polar surface area (TPSA) is 17.8 Å². The molecular weight excluding hydrogens is 263 g/mol. The van der Waals surface area contributed by atoms with E-state index < -0.39 is 0 Å². The summed E-state index contributed by atoms with van der Waals surface area (Å²) in [7, 11) is 0. The van der Waals surface area contributed by atoms with Crippen LogP contribution in [0.1, 0.15) is 12.6 Å². The molecular formula is C18H17FN2. The fraction of sp³-hybridized carbons (Fsp3) is 0.167. The van der Waals surface area contributed by atoms with Crippen LogP contribution in [0.15, 0.2) is 54.7 Å². The zero-order valence-electron chi connectivity index (χ0n) is 12.2. The van der Waals surface area contributed by atoms with E-state index in [4.69, 9.17) is 0 Å². The highest BCUT2D eigenvalue weighted by Gasteiger charge is 2.11. The van der Waals surface area contributed by atoms with Crippen molar-refractivity contribution in [1.29, 1.82) is 0 Å². The van der Waals surface area contributed by atoms with Crippen molar-refractivity contribution >= 4 is 0 Å². The van der Waals surface area contributed by atoms with Gasteiger partial charge in [0.05, 0.1) is 5.69 Å². The molecule has 3 rings (SSSR count). The summed E-state index contributed by atoms with van der Waals surface area (Å²) in [5.41, 5.74) is 4.51. The first-order chi connectivity index (χ1) is 10.2. The Labute approximate surface area is 123 Å². The maximum Gasteiger partial charge on any atom is 0.132 e. The molecule has 0 saturated carbocycles. The van der Waals surface area contributed by atoms with Crippen molar-refractivity contribution < 1.29 is 4.39 Å². The quantitative estimate of drug-likeness (QED) is 0.681. The Morgan fingerprint density at radius 1 is 1.10 bits per heavy atom. The second kappa shape index (κ2) is 5.52. The van der Waals surface area contributed by atoms with Gasteiger partial charge in [-0.05, 0) is 61.9 Å². The fourth-order valence-corrected chi connectivity index (χ4v) is 2.64. The Balaban J connectivity index is 2.14. The Morgan fingerprint density at radius 2 is 1.95 bits per heavy atom. The summed E-state index contributed by atoms with van der Waals surface area (Å²) in [5, 5.41) is 0. The minimum absolute atomic E-state index is 0.247. The lowest BCUT2D eigenvalue weighted by molar-refractivity contribution is 0.630. The van der Waals surface area contributed by atoms with Gasteiger partial charge < -0.3 is 4.57 Å². The van der Waals surface area contributed by atoms with Gasteiger partial charge in [-0.3, -0.25) is 4.98 Å².